The molecule has 0 fully saturated rings. The summed E-state index contributed by atoms with van der Waals surface area (Å²) >= 11 is 0. The van der Waals surface area contributed by atoms with E-state index in [1.807, 2.05) is 6.92 Å². The van der Waals surface area contributed by atoms with Crippen molar-refractivity contribution in [1.29, 1.82) is 0 Å². The molecule has 1 aliphatic rings. The van der Waals surface area contributed by atoms with E-state index < -0.39 is 0 Å². The van der Waals surface area contributed by atoms with Crippen LogP contribution in [0.5, 0.6) is 0 Å². The van der Waals surface area contributed by atoms with Crippen molar-refractivity contribution in [3.8, 4) is 0 Å². The van der Waals surface area contributed by atoms with Crippen molar-refractivity contribution in [1.82, 2.24) is 0 Å². The molecule has 41 heavy (non-hydrogen) atoms. The van der Waals surface area contributed by atoms with Gasteiger partial charge in [0.1, 0.15) is 0 Å². The van der Waals surface area contributed by atoms with E-state index in [0.29, 0.717) is 5.92 Å². The molecule has 0 saturated heterocycles. The largest absolute Gasteiger partial charge is 0.393 e. The maximum absolute atomic E-state index is 9.74. The van der Waals surface area contributed by atoms with Gasteiger partial charge in [-0.05, 0) is 104 Å². The smallest absolute Gasteiger partial charge is 0.0517 e. The van der Waals surface area contributed by atoms with E-state index in [2.05, 4.69) is 154 Å². The number of rotatable bonds is 13. The summed E-state index contributed by atoms with van der Waals surface area (Å²) < 4.78 is 0. The average Bonchev–Trinajstić information content (AvgIpc) is 2.85. The highest BCUT2D eigenvalue weighted by Gasteiger charge is 2.26. The summed E-state index contributed by atoms with van der Waals surface area (Å²) in [7, 11) is 0. The van der Waals surface area contributed by atoms with Gasteiger partial charge >= 0.3 is 0 Å². The third-order valence-corrected chi connectivity index (χ3v) is 7.65. The Morgan fingerprint density at radius 3 is 1.71 bits per heavy atom. The molecule has 1 unspecified atom stereocenters. The molecule has 0 aliphatic heterocycles. The molecule has 1 N–H and O–H groups in total. The van der Waals surface area contributed by atoms with Crippen LogP contribution < -0.4 is 0 Å². The first-order valence-corrected chi connectivity index (χ1v) is 15.4. The fourth-order valence-electron chi connectivity index (χ4n) is 5.25. The van der Waals surface area contributed by atoms with Gasteiger partial charge in [0.15, 0.2) is 0 Å². The van der Waals surface area contributed by atoms with Gasteiger partial charge in [-0.15, -0.1) is 0 Å². The van der Waals surface area contributed by atoms with Crippen LogP contribution in [0.15, 0.2) is 130 Å². The number of hydrogen-bond acceptors (Lipinski definition) is 1. The van der Waals surface area contributed by atoms with Gasteiger partial charge in [0.05, 0.1) is 6.10 Å². The predicted molar refractivity (Wildman–Crippen MR) is 185 cm³/mol. The lowest BCUT2D eigenvalue weighted by Gasteiger charge is -2.32. The summed E-state index contributed by atoms with van der Waals surface area (Å²) in [6, 6.07) is 0. The molecule has 0 saturated carbocycles. The maximum Gasteiger partial charge on any atom is 0.0517 e. The number of hydrogen-bond donors (Lipinski definition) is 1. The molecule has 1 aliphatic carbocycles. The normalized spacial score (nSPS) is 19.5. The fraction of sp³-hybridized carbons (Fsp3) is 0.450. The topological polar surface area (TPSA) is 20.2 Å². The summed E-state index contributed by atoms with van der Waals surface area (Å²) in [4.78, 5) is 0. The van der Waals surface area contributed by atoms with Gasteiger partial charge in [-0.3, -0.25) is 0 Å². The van der Waals surface area contributed by atoms with E-state index in [0.717, 1.165) is 6.42 Å². The monoisotopic (exact) mass is 554 g/mol. The Morgan fingerprint density at radius 2 is 1.22 bits per heavy atom. The minimum Gasteiger partial charge on any atom is -0.393 e. The van der Waals surface area contributed by atoms with Crippen LogP contribution in [0.4, 0.5) is 0 Å². The lowest BCUT2D eigenvalue weighted by atomic mass is 9.72. The molecule has 0 radical (unpaired) electrons. The summed E-state index contributed by atoms with van der Waals surface area (Å²) in [5, 5.41) is 9.74. The van der Waals surface area contributed by atoms with Crippen molar-refractivity contribution in [3.63, 3.8) is 0 Å². The lowest BCUT2D eigenvalue weighted by Crippen LogP contribution is -2.19. The zero-order valence-electron chi connectivity index (χ0n) is 28.0. The van der Waals surface area contributed by atoms with Crippen molar-refractivity contribution >= 4 is 0 Å². The fourth-order valence-corrected chi connectivity index (χ4v) is 5.25. The third kappa shape index (κ3) is 15.1. The van der Waals surface area contributed by atoms with Gasteiger partial charge in [-0.25, -0.2) is 0 Å². The predicted octanol–water partition coefficient (Wildman–Crippen LogP) is 11.8. The summed E-state index contributed by atoms with van der Waals surface area (Å²) in [6.45, 7) is 23.9. The molecule has 0 aromatic heterocycles. The van der Waals surface area contributed by atoms with Crippen LogP contribution >= 0.6 is 0 Å². The van der Waals surface area contributed by atoms with E-state index >= 15 is 0 Å². The highest BCUT2D eigenvalue weighted by atomic mass is 16.3. The molecule has 1 rings (SSSR count). The van der Waals surface area contributed by atoms with Gasteiger partial charge in [-0.2, -0.15) is 0 Å². The third-order valence-electron chi connectivity index (χ3n) is 7.65. The Kier molecular flexibility index (Phi) is 16.3. The Morgan fingerprint density at radius 1 is 0.732 bits per heavy atom. The maximum atomic E-state index is 9.74. The van der Waals surface area contributed by atoms with E-state index in [4.69, 9.17) is 0 Å². The van der Waals surface area contributed by atoms with Crippen molar-refractivity contribution in [2.75, 3.05) is 0 Å². The number of aliphatic hydroxyl groups is 1. The lowest BCUT2D eigenvalue weighted by molar-refractivity contribution is 0.171. The molecule has 1 heteroatoms. The molecule has 1 nitrogen and oxygen atoms in total. The van der Waals surface area contributed by atoms with E-state index in [1.165, 1.54) is 58.3 Å². The molecule has 0 heterocycles. The SMILES string of the molecule is CC(C)=C(/C=C/C(C)=C/C=C/C(C)=C/C=C/C=C(C)/C=C/C=C(C)/C=C/C1=C(C)CCCC1(C)C)[C@H](C)CC(C)O. The highest BCUT2D eigenvalue weighted by molar-refractivity contribution is 5.38. The Labute approximate surface area is 253 Å². The van der Waals surface area contributed by atoms with Gasteiger partial charge in [0.2, 0.25) is 0 Å². The first-order valence-electron chi connectivity index (χ1n) is 15.4. The van der Waals surface area contributed by atoms with Gasteiger partial charge < -0.3 is 5.11 Å². The Bertz CT molecular complexity index is 1190. The average molecular weight is 555 g/mol. The second-order valence-electron chi connectivity index (χ2n) is 12.8. The van der Waals surface area contributed by atoms with E-state index in [1.54, 1.807) is 5.57 Å². The summed E-state index contributed by atoms with van der Waals surface area (Å²) in [5.74, 6) is 0.341. The van der Waals surface area contributed by atoms with E-state index in [-0.39, 0.29) is 11.5 Å². The molecule has 224 valence electrons. The van der Waals surface area contributed by atoms with Crippen molar-refractivity contribution in [3.05, 3.63) is 130 Å². The molecule has 0 bridgehead atoms. The number of allylic oxidation sites excluding steroid dienone is 22. The molecule has 0 aromatic rings. The molecule has 0 spiro atoms. The zero-order chi connectivity index (χ0) is 31.0. The highest BCUT2D eigenvalue weighted by Crippen LogP contribution is 2.40. The van der Waals surface area contributed by atoms with Crippen LogP contribution in [-0.2, 0) is 0 Å². The molecule has 0 amide bonds. The van der Waals surface area contributed by atoms with Gasteiger partial charge in [0, 0.05) is 0 Å². The minimum absolute atomic E-state index is 0.283. The number of aliphatic hydroxyl groups excluding tert-OH is 1. The van der Waals surface area contributed by atoms with Crippen molar-refractivity contribution in [2.45, 2.75) is 108 Å². The van der Waals surface area contributed by atoms with Crippen molar-refractivity contribution < 1.29 is 5.11 Å². The zero-order valence-corrected chi connectivity index (χ0v) is 28.0. The second kappa shape index (κ2) is 18.5. The van der Waals surface area contributed by atoms with Crippen LogP contribution in [0.25, 0.3) is 0 Å². The van der Waals surface area contributed by atoms with E-state index in [9.17, 15) is 5.11 Å². The summed E-state index contributed by atoms with van der Waals surface area (Å²) in [5.41, 5.74) is 10.8. The Hall–Kier alpha value is -2.90. The first-order chi connectivity index (χ1) is 19.2. The standard InChI is InChI=1S/C40H58O/c1-30(2)38(36(8)29-37(9)41)26-24-33(5)21-14-19-31(3)17-12-13-18-32(4)20-15-22-34(6)25-27-39-35(7)23-16-28-40(39,10)11/h12-15,17-22,24-27,36-37,41H,16,23,28-29H2,1-11H3/b13-12+,19-14+,20-15+,26-24+,27-25+,31-17+,32-18+,33-21+,34-22+/t36-,37?/m1/s1. The van der Waals surface area contributed by atoms with Crippen LogP contribution in [-0.4, -0.2) is 11.2 Å². The molecular formula is C40H58O. The van der Waals surface area contributed by atoms with Gasteiger partial charge in [-0.1, -0.05) is 139 Å². The quantitative estimate of drug-likeness (QED) is 0.224. The first kappa shape index (κ1) is 36.1. The van der Waals surface area contributed by atoms with Crippen molar-refractivity contribution in [2.24, 2.45) is 11.3 Å². The molecule has 0 aromatic carbocycles. The van der Waals surface area contributed by atoms with Crippen LogP contribution in [0.2, 0.25) is 0 Å². The molecule has 2 atom stereocenters. The second-order valence-corrected chi connectivity index (χ2v) is 12.8. The van der Waals surface area contributed by atoms with Crippen LogP contribution in [0.3, 0.4) is 0 Å². The summed E-state index contributed by atoms with van der Waals surface area (Å²) in [6.07, 6.45) is 34.5. The van der Waals surface area contributed by atoms with Gasteiger partial charge in [0.25, 0.3) is 0 Å². The minimum atomic E-state index is -0.285. The molecular weight excluding hydrogens is 496 g/mol. The Balaban J connectivity index is 2.68. The van der Waals surface area contributed by atoms with Crippen LogP contribution in [0.1, 0.15) is 102 Å². The van der Waals surface area contributed by atoms with Crippen LogP contribution in [0, 0.1) is 11.3 Å².